The van der Waals surface area contributed by atoms with E-state index < -0.39 is 4.92 Å². The van der Waals surface area contributed by atoms with Gasteiger partial charge in [-0.3, -0.25) is 10.1 Å². The molecule has 6 heteroatoms. The summed E-state index contributed by atoms with van der Waals surface area (Å²) < 4.78 is 5.17. The van der Waals surface area contributed by atoms with Crippen LogP contribution in [0.2, 0.25) is 0 Å². The number of hydrogen-bond acceptors (Lipinski definition) is 5. The van der Waals surface area contributed by atoms with Crippen molar-refractivity contribution < 1.29 is 9.66 Å². The zero-order valence-corrected chi connectivity index (χ0v) is 11.3. The van der Waals surface area contributed by atoms with Gasteiger partial charge in [-0.2, -0.15) is 0 Å². The van der Waals surface area contributed by atoms with Crippen LogP contribution in [0.25, 0.3) is 0 Å². The maximum absolute atomic E-state index is 10.8. The maximum atomic E-state index is 10.8. The molecule has 0 fully saturated rings. The molecule has 0 aliphatic carbocycles. The van der Waals surface area contributed by atoms with Gasteiger partial charge in [-0.15, -0.1) is 0 Å². The van der Waals surface area contributed by atoms with Crippen LogP contribution < -0.4 is 10.1 Å². The number of nitrogens with one attached hydrogen (secondary N) is 1. The Hall–Kier alpha value is -2.63. The second-order valence-corrected chi connectivity index (χ2v) is 4.28. The van der Waals surface area contributed by atoms with Gasteiger partial charge in [0.2, 0.25) is 5.88 Å². The Bertz CT molecular complexity index is 629. The van der Waals surface area contributed by atoms with Gasteiger partial charge < -0.3 is 10.1 Å². The highest BCUT2D eigenvalue weighted by atomic mass is 16.6. The van der Waals surface area contributed by atoms with Crippen LogP contribution in [0.5, 0.6) is 5.88 Å². The highest BCUT2D eigenvalue weighted by Gasteiger charge is 2.09. The Balaban J connectivity index is 2.18. The van der Waals surface area contributed by atoms with Gasteiger partial charge in [0.05, 0.1) is 12.0 Å². The first kappa shape index (κ1) is 13.8. The summed E-state index contributed by atoms with van der Waals surface area (Å²) in [5.74, 6) is 0.545. The fraction of sp³-hybridized carbons (Fsp3) is 0.214. The molecule has 2 aromatic rings. The molecule has 0 amide bonds. The van der Waals surface area contributed by atoms with E-state index in [-0.39, 0.29) is 5.69 Å². The lowest BCUT2D eigenvalue weighted by Crippen LogP contribution is -2.04. The van der Waals surface area contributed by atoms with Crippen LogP contribution in [0, 0.1) is 17.0 Å². The smallest absolute Gasteiger partial charge is 0.271 e. The van der Waals surface area contributed by atoms with E-state index in [4.69, 9.17) is 4.74 Å². The summed E-state index contributed by atoms with van der Waals surface area (Å²) in [6, 6.07) is 8.45. The molecule has 2 rings (SSSR count). The van der Waals surface area contributed by atoms with Gasteiger partial charge in [0.25, 0.3) is 5.69 Å². The summed E-state index contributed by atoms with van der Waals surface area (Å²) >= 11 is 0. The molecular formula is C14H15N3O3. The Labute approximate surface area is 116 Å². The van der Waals surface area contributed by atoms with Crippen LogP contribution in [-0.2, 0) is 6.54 Å². The minimum atomic E-state index is -0.407. The Kier molecular flexibility index (Phi) is 4.14. The summed E-state index contributed by atoms with van der Waals surface area (Å²) in [5.41, 5.74) is 2.63. The molecule has 0 radical (unpaired) electrons. The number of nitrogens with zero attached hydrogens (tertiary/aromatic N) is 2. The summed E-state index contributed by atoms with van der Waals surface area (Å²) in [7, 11) is 1.56. The minimum Gasteiger partial charge on any atom is -0.481 e. The predicted octanol–water partition coefficient (Wildman–Crippen LogP) is 2.92. The number of hydrogen-bond donors (Lipinski definition) is 1. The first-order valence-corrected chi connectivity index (χ1v) is 6.08. The third-order valence-electron chi connectivity index (χ3n) is 2.94. The highest BCUT2D eigenvalue weighted by Crippen LogP contribution is 2.23. The molecule has 1 aromatic heterocycles. The zero-order chi connectivity index (χ0) is 14.5. The van der Waals surface area contributed by atoms with Crippen molar-refractivity contribution >= 4 is 11.4 Å². The minimum absolute atomic E-state index is 0.0660. The van der Waals surface area contributed by atoms with Gasteiger partial charge in [-0.1, -0.05) is 12.1 Å². The van der Waals surface area contributed by atoms with Gasteiger partial charge in [-0.25, -0.2) is 4.98 Å². The molecule has 0 aliphatic heterocycles. The number of pyridine rings is 1. The molecule has 0 saturated carbocycles. The van der Waals surface area contributed by atoms with Gasteiger partial charge in [0.1, 0.15) is 0 Å². The van der Waals surface area contributed by atoms with Crippen LogP contribution in [0.1, 0.15) is 11.1 Å². The molecule has 0 atom stereocenters. The van der Waals surface area contributed by atoms with E-state index >= 15 is 0 Å². The van der Waals surface area contributed by atoms with E-state index in [0.717, 1.165) is 16.8 Å². The molecule has 104 valence electrons. The molecule has 6 nitrogen and oxygen atoms in total. The average Bonchev–Trinajstić information content (AvgIpc) is 2.46. The summed E-state index contributed by atoms with van der Waals surface area (Å²) in [4.78, 5) is 14.5. The third-order valence-corrected chi connectivity index (χ3v) is 2.94. The highest BCUT2D eigenvalue weighted by molar-refractivity contribution is 5.57. The van der Waals surface area contributed by atoms with Gasteiger partial charge >= 0.3 is 0 Å². The van der Waals surface area contributed by atoms with Crippen molar-refractivity contribution in [2.75, 3.05) is 12.4 Å². The number of rotatable bonds is 5. The zero-order valence-electron chi connectivity index (χ0n) is 11.3. The lowest BCUT2D eigenvalue weighted by molar-refractivity contribution is -0.384. The molecule has 0 bridgehead atoms. The predicted molar refractivity (Wildman–Crippen MR) is 75.9 cm³/mol. The van der Waals surface area contributed by atoms with Crippen molar-refractivity contribution in [3.05, 3.63) is 57.8 Å². The number of nitro benzene ring substituents is 1. The molecular weight excluding hydrogens is 258 g/mol. The average molecular weight is 273 g/mol. The molecule has 1 heterocycles. The van der Waals surface area contributed by atoms with Crippen LogP contribution in [0.3, 0.4) is 0 Å². The molecule has 0 spiro atoms. The van der Waals surface area contributed by atoms with Crippen LogP contribution in [0.4, 0.5) is 11.4 Å². The summed E-state index contributed by atoms with van der Waals surface area (Å²) in [5, 5.41) is 14.0. The normalized spacial score (nSPS) is 10.1. The number of nitro groups is 1. The number of anilines is 1. The standard InChI is InChI=1S/C14H15N3O3/c1-10-5-6-12(17(18)19)8-13(10)16-9-11-4-3-7-15-14(11)20-2/h3-8,16H,9H2,1-2H3. The van der Waals surface area contributed by atoms with Crippen LogP contribution in [-0.4, -0.2) is 17.0 Å². The van der Waals surface area contributed by atoms with Crippen molar-refractivity contribution in [1.29, 1.82) is 0 Å². The van der Waals surface area contributed by atoms with Crippen molar-refractivity contribution in [1.82, 2.24) is 4.98 Å². The van der Waals surface area contributed by atoms with Crippen molar-refractivity contribution in [2.24, 2.45) is 0 Å². The second-order valence-electron chi connectivity index (χ2n) is 4.28. The fourth-order valence-corrected chi connectivity index (χ4v) is 1.85. The molecule has 0 aliphatic rings. The first-order chi connectivity index (χ1) is 9.61. The van der Waals surface area contributed by atoms with Crippen molar-refractivity contribution in [2.45, 2.75) is 13.5 Å². The molecule has 1 N–H and O–H groups in total. The monoisotopic (exact) mass is 273 g/mol. The van der Waals surface area contributed by atoms with E-state index in [1.54, 1.807) is 19.4 Å². The maximum Gasteiger partial charge on any atom is 0.271 e. The summed E-state index contributed by atoms with van der Waals surface area (Å²) in [6.45, 7) is 2.38. The fourth-order valence-electron chi connectivity index (χ4n) is 1.85. The lowest BCUT2D eigenvalue weighted by Gasteiger charge is -2.11. The lowest BCUT2D eigenvalue weighted by atomic mass is 10.1. The number of non-ortho nitro benzene ring substituents is 1. The van der Waals surface area contributed by atoms with Gasteiger partial charge in [0.15, 0.2) is 0 Å². The molecule has 0 unspecified atom stereocenters. The number of aryl methyl sites for hydroxylation is 1. The van der Waals surface area contributed by atoms with Crippen LogP contribution >= 0.6 is 0 Å². The Morgan fingerprint density at radius 2 is 2.20 bits per heavy atom. The molecule has 1 aromatic carbocycles. The number of aromatic nitrogens is 1. The number of benzene rings is 1. The largest absolute Gasteiger partial charge is 0.481 e. The topological polar surface area (TPSA) is 77.3 Å². The molecule has 20 heavy (non-hydrogen) atoms. The molecule has 0 saturated heterocycles. The number of methoxy groups -OCH3 is 1. The third kappa shape index (κ3) is 3.03. The first-order valence-electron chi connectivity index (χ1n) is 6.08. The quantitative estimate of drug-likeness (QED) is 0.669. The second kappa shape index (κ2) is 6.01. The summed E-state index contributed by atoms with van der Waals surface area (Å²) in [6.07, 6.45) is 1.65. The number of ether oxygens (including phenoxy) is 1. The van der Waals surface area contributed by atoms with E-state index in [2.05, 4.69) is 10.3 Å². The van der Waals surface area contributed by atoms with E-state index in [9.17, 15) is 10.1 Å². The van der Waals surface area contributed by atoms with E-state index in [1.165, 1.54) is 12.1 Å². The van der Waals surface area contributed by atoms with E-state index in [0.29, 0.717) is 12.4 Å². The van der Waals surface area contributed by atoms with Crippen molar-refractivity contribution in [3.63, 3.8) is 0 Å². The van der Waals surface area contributed by atoms with Crippen molar-refractivity contribution in [3.8, 4) is 5.88 Å². The van der Waals surface area contributed by atoms with E-state index in [1.807, 2.05) is 19.1 Å². The van der Waals surface area contributed by atoms with Gasteiger partial charge in [0, 0.05) is 36.1 Å². The van der Waals surface area contributed by atoms with Crippen LogP contribution in [0.15, 0.2) is 36.5 Å². The Morgan fingerprint density at radius 1 is 1.40 bits per heavy atom. The van der Waals surface area contributed by atoms with Gasteiger partial charge in [-0.05, 0) is 18.6 Å². The SMILES string of the molecule is COc1ncccc1CNc1cc([N+](=O)[O-])ccc1C. The Morgan fingerprint density at radius 3 is 2.90 bits per heavy atom.